The SMILES string of the molecule is CC(C)(C)C(=O)OCC(O)CCl. The van der Waals surface area contributed by atoms with Crippen molar-refractivity contribution in [2.24, 2.45) is 5.41 Å². The fourth-order valence-electron chi connectivity index (χ4n) is 0.433. The molecule has 0 aromatic heterocycles. The van der Waals surface area contributed by atoms with E-state index < -0.39 is 11.5 Å². The van der Waals surface area contributed by atoms with Crippen molar-refractivity contribution in [2.45, 2.75) is 26.9 Å². The second-order valence-corrected chi connectivity index (χ2v) is 3.97. The van der Waals surface area contributed by atoms with Crippen LogP contribution in [0.15, 0.2) is 0 Å². The molecular formula is C8H15ClO3. The van der Waals surface area contributed by atoms with Gasteiger partial charge < -0.3 is 9.84 Å². The summed E-state index contributed by atoms with van der Waals surface area (Å²) >= 11 is 5.31. The van der Waals surface area contributed by atoms with Crippen LogP contribution in [0.4, 0.5) is 0 Å². The number of alkyl halides is 1. The van der Waals surface area contributed by atoms with Gasteiger partial charge >= 0.3 is 5.97 Å². The van der Waals surface area contributed by atoms with Gasteiger partial charge in [-0.1, -0.05) is 0 Å². The summed E-state index contributed by atoms with van der Waals surface area (Å²) in [6, 6.07) is 0. The Morgan fingerprint density at radius 1 is 1.58 bits per heavy atom. The van der Waals surface area contributed by atoms with Crippen molar-refractivity contribution in [2.75, 3.05) is 12.5 Å². The van der Waals surface area contributed by atoms with Gasteiger partial charge in [0.2, 0.25) is 0 Å². The van der Waals surface area contributed by atoms with Gasteiger partial charge in [-0.2, -0.15) is 0 Å². The van der Waals surface area contributed by atoms with Crippen LogP contribution >= 0.6 is 11.6 Å². The van der Waals surface area contributed by atoms with Crippen molar-refractivity contribution in [1.29, 1.82) is 0 Å². The summed E-state index contributed by atoms with van der Waals surface area (Å²) in [6.07, 6.45) is -0.766. The van der Waals surface area contributed by atoms with E-state index in [1.54, 1.807) is 20.8 Å². The quantitative estimate of drug-likeness (QED) is 0.542. The number of carbonyl (C=O) groups excluding carboxylic acids is 1. The van der Waals surface area contributed by atoms with Crippen molar-refractivity contribution in [3.8, 4) is 0 Å². The molecule has 12 heavy (non-hydrogen) atoms. The Morgan fingerprint density at radius 3 is 2.42 bits per heavy atom. The van der Waals surface area contributed by atoms with E-state index >= 15 is 0 Å². The van der Waals surface area contributed by atoms with Gasteiger partial charge in [-0.05, 0) is 20.8 Å². The predicted molar refractivity (Wildman–Crippen MR) is 47.1 cm³/mol. The molecule has 0 aromatic carbocycles. The lowest BCUT2D eigenvalue weighted by Crippen LogP contribution is -2.27. The molecule has 72 valence electrons. The molecule has 0 bridgehead atoms. The molecule has 0 saturated carbocycles. The minimum absolute atomic E-state index is 0.0282. The highest BCUT2D eigenvalue weighted by molar-refractivity contribution is 6.18. The average molecular weight is 195 g/mol. The highest BCUT2D eigenvalue weighted by Gasteiger charge is 2.23. The number of hydrogen-bond acceptors (Lipinski definition) is 3. The molecular weight excluding hydrogens is 180 g/mol. The Bertz CT molecular complexity index is 151. The van der Waals surface area contributed by atoms with Crippen molar-refractivity contribution in [3.05, 3.63) is 0 Å². The van der Waals surface area contributed by atoms with Crippen LogP contribution in [0.5, 0.6) is 0 Å². The van der Waals surface area contributed by atoms with Crippen LogP contribution in [0.1, 0.15) is 20.8 Å². The highest BCUT2D eigenvalue weighted by atomic mass is 35.5. The summed E-state index contributed by atoms with van der Waals surface area (Å²) in [4.78, 5) is 11.1. The molecule has 0 heterocycles. The molecule has 1 unspecified atom stereocenters. The lowest BCUT2D eigenvalue weighted by molar-refractivity contribution is -0.155. The second-order valence-electron chi connectivity index (χ2n) is 3.66. The molecule has 4 heteroatoms. The number of halogens is 1. The van der Waals surface area contributed by atoms with Crippen LogP contribution in [0.2, 0.25) is 0 Å². The molecule has 1 N–H and O–H groups in total. The first-order chi connectivity index (χ1) is 5.38. The smallest absolute Gasteiger partial charge is 0.311 e. The van der Waals surface area contributed by atoms with Crippen molar-refractivity contribution in [3.63, 3.8) is 0 Å². The number of hydrogen-bond donors (Lipinski definition) is 1. The van der Waals surface area contributed by atoms with Crippen molar-refractivity contribution in [1.82, 2.24) is 0 Å². The topological polar surface area (TPSA) is 46.5 Å². The summed E-state index contributed by atoms with van der Waals surface area (Å²) in [5.41, 5.74) is -0.522. The summed E-state index contributed by atoms with van der Waals surface area (Å²) < 4.78 is 4.79. The maximum absolute atomic E-state index is 11.1. The molecule has 0 spiro atoms. The lowest BCUT2D eigenvalue weighted by atomic mass is 9.97. The van der Waals surface area contributed by atoms with Crippen LogP contribution in [-0.2, 0) is 9.53 Å². The zero-order chi connectivity index (χ0) is 9.78. The molecule has 0 radical (unpaired) electrons. The molecule has 3 nitrogen and oxygen atoms in total. The van der Waals surface area contributed by atoms with E-state index in [1.807, 2.05) is 0 Å². The molecule has 0 fully saturated rings. The number of rotatable bonds is 3. The Hall–Kier alpha value is -0.280. The van der Waals surface area contributed by atoms with Gasteiger partial charge in [-0.3, -0.25) is 4.79 Å². The zero-order valence-corrected chi connectivity index (χ0v) is 8.39. The van der Waals surface area contributed by atoms with Crippen molar-refractivity contribution < 1.29 is 14.6 Å². The van der Waals surface area contributed by atoms with Crippen LogP contribution in [-0.4, -0.2) is 29.7 Å². The summed E-state index contributed by atoms with van der Waals surface area (Å²) in [6.45, 7) is 5.23. The van der Waals surface area contributed by atoms with E-state index in [0.29, 0.717) is 0 Å². The van der Waals surface area contributed by atoms with Gasteiger partial charge in [0.15, 0.2) is 0 Å². The first-order valence-corrected chi connectivity index (χ1v) is 4.32. The molecule has 0 saturated heterocycles. The number of aliphatic hydroxyl groups is 1. The monoisotopic (exact) mass is 194 g/mol. The molecule has 0 amide bonds. The van der Waals surface area contributed by atoms with Gasteiger partial charge in [-0.15, -0.1) is 11.6 Å². The van der Waals surface area contributed by atoms with Crippen LogP contribution in [0.3, 0.4) is 0 Å². The molecule has 1 atom stereocenters. The summed E-state index contributed by atoms with van der Waals surface area (Å²) in [5, 5.41) is 8.96. The van der Waals surface area contributed by atoms with Crippen LogP contribution < -0.4 is 0 Å². The maximum Gasteiger partial charge on any atom is 0.311 e. The normalized spacial score (nSPS) is 14.1. The Balaban J connectivity index is 3.73. The van der Waals surface area contributed by atoms with Crippen molar-refractivity contribution >= 4 is 17.6 Å². The zero-order valence-electron chi connectivity index (χ0n) is 7.63. The van der Waals surface area contributed by atoms with E-state index in [1.165, 1.54) is 0 Å². The van der Waals surface area contributed by atoms with E-state index in [-0.39, 0.29) is 18.5 Å². The third kappa shape index (κ3) is 4.57. The van der Waals surface area contributed by atoms with Crippen LogP contribution in [0.25, 0.3) is 0 Å². The Kier molecular flexibility index (Phi) is 4.57. The second kappa shape index (κ2) is 4.67. The number of ether oxygens (including phenoxy) is 1. The van der Waals surface area contributed by atoms with Gasteiger partial charge in [0, 0.05) is 0 Å². The molecule has 0 aliphatic carbocycles. The van der Waals surface area contributed by atoms with Gasteiger partial charge in [-0.25, -0.2) is 0 Å². The fourth-order valence-corrected chi connectivity index (χ4v) is 0.522. The summed E-state index contributed by atoms with van der Waals surface area (Å²) in [5.74, 6) is -0.246. The molecule has 0 aromatic rings. The van der Waals surface area contributed by atoms with E-state index in [4.69, 9.17) is 21.4 Å². The van der Waals surface area contributed by atoms with E-state index in [2.05, 4.69) is 0 Å². The minimum Gasteiger partial charge on any atom is -0.462 e. The Morgan fingerprint density at radius 2 is 2.08 bits per heavy atom. The third-order valence-electron chi connectivity index (χ3n) is 1.20. The third-order valence-corrected chi connectivity index (χ3v) is 1.55. The Labute approximate surface area is 77.7 Å². The highest BCUT2D eigenvalue weighted by Crippen LogP contribution is 2.15. The maximum atomic E-state index is 11.1. The summed E-state index contributed by atoms with van der Waals surface area (Å²) in [7, 11) is 0. The predicted octanol–water partition coefficient (Wildman–Crippen LogP) is 1.18. The molecule has 0 aliphatic rings. The van der Waals surface area contributed by atoms with Gasteiger partial charge in [0.05, 0.1) is 11.3 Å². The fraction of sp³-hybridized carbons (Fsp3) is 0.875. The van der Waals surface area contributed by atoms with E-state index in [9.17, 15) is 4.79 Å². The van der Waals surface area contributed by atoms with Gasteiger partial charge in [0.1, 0.15) is 12.7 Å². The number of carbonyl (C=O) groups is 1. The molecule has 0 aliphatic heterocycles. The minimum atomic E-state index is -0.766. The van der Waals surface area contributed by atoms with E-state index in [0.717, 1.165) is 0 Å². The largest absolute Gasteiger partial charge is 0.462 e. The number of aliphatic hydroxyl groups excluding tert-OH is 1. The lowest BCUT2D eigenvalue weighted by Gasteiger charge is -2.17. The molecule has 0 rings (SSSR count). The van der Waals surface area contributed by atoms with Gasteiger partial charge in [0.25, 0.3) is 0 Å². The first-order valence-electron chi connectivity index (χ1n) is 3.79. The first kappa shape index (κ1) is 11.7. The average Bonchev–Trinajstić information content (AvgIpc) is 1.97. The number of esters is 1. The standard InChI is InChI=1S/C8H15ClO3/c1-8(2,3)7(11)12-5-6(10)4-9/h6,10H,4-5H2,1-3H3. The van der Waals surface area contributed by atoms with Crippen LogP contribution in [0, 0.1) is 5.41 Å².